The van der Waals surface area contributed by atoms with Crippen molar-refractivity contribution in [1.82, 2.24) is 0 Å². The molecule has 1 aliphatic heterocycles. The van der Waals surface area contributed by atoms with Crippen molar-refractivity contribution < 1.29 is 29.3 Å². The molecule has 0 bridgehead atoms. The lowest BCUT2D eigenvalue weighted by atomic mass is 9.46. The van der Waals surface area contributed by atoms with Gasteiger partial charge in [0.25, 0.3) is 0 Å². The number of aliphatic hydroxyl groups is 2. The second kappa shape index (κ2) is 9.88. The predicted molar refractivity (Wildman–Crippen MR) is 163 cm³/mol. The molecule has 8 heteroatoms. The quantitative estimate of drug-likeness (QED) is 0.401. The summed E-state index contributed by atoms with van der Waals surface area (Å²) in [5, 5.41) is 22.2. The Bertz CT molecular complexity index is 1540. The summed E-state index contributed by atoms with van der Waals surface area (Å²) in [4.78, 5) is 28.2. The fourth-order valence-corrected chi connectivity index (χ4v) is 10.3. The van der Waals surface area contributed by atoms with Gasteiger partial charge in [-0.3, -0.25) is 9.59 Å². The van der Waals surface area contributed by atoms with Gasteiger partial charge in [0.05, 0.1) is 12.2 Å². The van der Waals surface area contributed by atoms with Gasteiger partial charge in [0.2, 0.25) is 0 Å². The Kier molecular flexibility index (Phi) is 6.66. The van der Waals surface area contributed by atoms with Crippen LogP contribution in [0.3, 0.4) is 0 Å². The molecule has 0 amide bonds. The van der Waals surface area contributed by atoms with Crippen LogP contribution in [0.5, 0.6) is 0 Å². The van der Waals surface area contributed by atoms with Gasteiger partial charge in [-0.05, 0) is 93.0 Å². The summed E-state index contributed by atoms with van der Waals surface area (Å²) >= 11 is 1.62. The molecular formula is C35H39NO6S. The van der Waals surface area contributed by atoms with Gasteiger partial charge in [-0.15, -0.1) is 0 Å². The zero-order valence-electron chi connectivity index (χ0n) is 24.8. The molecule has 4 aliphatic carbocycles. The monoisotopic (exact) mass is 601 g/mol. The van der Waals surface area contributed by atoms with Crippen molar-refractivity contribution >= 4 is 29.0 Å². The molecule has 4 fully saturated rings. The van der Waals surface area contributed by atoms with E-state index in [0.29, 0.717) is 12.8 Å². The van der Waals surface area contributed by atoms with Crippen LogP contribution in [-0.4, -0.2) is 46.2 Å². The summed E-state index contributed by atoms with van der Waals surface area (Å²) in [7, 11) is 0. The highest BCUT2D eigenvalue weighted by molar-refractivity contribution is 7.99. The number of benzene rings is 2. The SMILES string of the molecule is C[C@@]1(c2ccc(Sc3ccc(N)cc3)cc2)O[C@H]2C[C@H]3[C@@H]4CCC5=CC(=O)C=C[C@]5(C)[C@H]4[C@@H](O)C[C@]3(C)[C@@]2(C(=O)CO)O1. The van der Waals surface area contributed by atoms with Gasteiger partial charge in [0, 0.05) is 37.8 Å². The molecule has 0 aromatic heterocycles. The summed E-state index contributed by atoms with van der Waals surface area (Å²) in [6, 6.07) is 15.7. The van der Waals surface area contributed by atoms with Crippen LogP contribution in [-0.2, 0) is 24.8 Å². The number of aliphatic hydroxyl groups excluding tert-OH is 2. The molecule has 7 nitrogen and oxygen atoms in total. The fraction of sp³-hybridized carbons (Fsp3) is 0.486. The van der Waals surface area contributed by atoms with Gasteiger partial charge < -0.3 is 25.4 Å². The highest BCUT2D eigenvalue weighted by atomic mass is 32.2. The predicted octanol–water partition coefficient (Wildman–Crippen LogP) is 5.20. The highest BCUT2D eigenvalue weighted by Gasteiger charge is 2.77. The number of anilines is 1. The molecule has 5 aliphatic rings. The third kappa shape index (κ3) is 4.10. The maximum Gasteiger partial charge on any atom is 0.193 e. The van der Waals surface area contributed by atoms with Crippen LogP contribution in [0.25, 0.3) is 0 Å². The summed E-state index contributed by atoms with van der Waals surface area (Å²) < 4.78 is 13.6. The maximum absolute atomic E-state index is 13.9. The topological polar surface area (TPSA) is 119 Å². The summed E-state index contributed by atoms with van der Waals surface area (Å²) in [6.07, 6.45) is 6.64. The lowest BCUT2D eigenvalue weighted by Crippen LogP contribution is -2.63. The van der Waals surface area contributed by atoms with Gasteiger partial charge in [-0.25, -0.2) is 0 Å². The zero-order chi connectivity index (χ0) is 30.4. The van der Waals surface area contributed by atoms with E-state index in [1.807, 2.05) is 61.5 Å². The lowest BCUT2D eigenvalue weighted by Gasteiger charge is -2.60. The number of allylic oxidation sites excluding steroid dienone is 4. The van der Waals surface area contributed by atoms with Gasteiger partial charge in [0.15, 0.2) is 23.0 Å². The van der Waals surface area contributed by atoms with Crippen LogP contribution >= 0.6 is 11.8 Å². The minimum absolute atomic E-state index is 0.00178. The van der Waals surface area contributed by atoms with Crippen LogP contribution in [0.1, 0.15) is 52.0 Å². The number of hydrogen-bond donors (Lipinski definition) is 3. The van der Waals surface area contributed by atoms with E-state index in [4.69, 9.17) is 15.2 Å². The number of carbonyl (C=O) groups excluding carboxylic acids is 2. The zero-order valence-corrected chi connectivity index (χ0v) is 25.6. The van der Waals surface area contributed by atoms with Crippen LogP contribution in [0.15, 0.2) is 82.1 Å². The number of carbonyl (C=O) groups is 2. The van der Waals surface area contributed by atoms with E-state index in [1.54, 1.807) is 23.9 Å². The van der Waals surface area contributed by atoms with Crippen molar-refractivity contribution in [3.63, 3.8) is 0 Å². The first-order valence-corrected chi connectivity index (χ1v) is 16.0. The van der Waals surface area contributed by atoms with Crippen LogP contribution in [0.2, 0.25) is 0 Å². The Balaban J connectivity index is 1.20. The fourth-order valence-electron chi connectivity index (χ4n) is 9.51. The van der Waals surface area contributed by atoms with Crippen molar-refractivity contribution in [2.24, 2.45) is 28.6 Å². The van der Waals surface area contributed by atoms with E-state index in [9.17, 15) is 19.8 Å². The smallest absolute Gasteiger partial charge is 0.193 e. The van der Waals surface area contributed by atoms with Crippen LogP contribution in [0, 0.1) is 28.6 Å². The molecule has 2 aromatic rings. The minimum atomic E-state index is -1.39. The molecule has 3 saturated carbocycles. The molecule has 43 heavy (non-hydrogen) atoms. The van der Waals surface area contributed by atoms with Gasteiger partial charge >= 0.3 is 0 Å². The minimum Gasteiger partial charge on any atom is -0.399 e. The molecule has 1 heterocycles. The molecule has 1 saturated heterocycles. The number of hydrogen-bond acceptors (Lipinski definition) is 8. The first-order chi connectivity index (χ1) is 20.4. The lowest BCUT2D eigenvalue weighted by molar-refractivity contribution is -0.237. The van der Waals surface area contributed by atoms with Crippen molar-refractivity contribution in [3.8, 4) is 0 Å². The Morgan fingerprint density at radius 1 is 1.07 bits per heavy atom. The van der Waals surface area contributed by atoms with Gasteiger partial charge in [-0.1, -0.05) is 49.4 Å². The van der Waals surface area contributed by atoms with E-state index < -0.39 is 46.8 Å². The van der Waals surface area contributed by atoms with Crippen molar-refractivity contribution in [2.75, 3.05) is 12.3 Å². The molecule has 0 unspecified atom stereocenters. The number of fused-ring (bicyclic) bond motifs is 7. The Morgan fingerprint density at radius 3 is 2.42 bits per heavy atom. The van der Waals surface area contributed by atoms with E-state index in [0.717, 1.165) is 39.5 Å². The van der Waals surface area contributed by atoms with E-state index in [1.165, 1.54) is 0 Å². The van der Waals surface area contributed by atoms with Crippen molar-refractivity contribution in [1.29, 1.82) is 0 Å². The standard InChI is InChI=1S/C35H39NO6S/c1-32-15-14-23(38)16-21(32)6-13-26-27-17-30-35(29(40)19-37,33(27,2)18-28(39)31(26)32)42-34(3,41-30)20-4-9-24(10-5-20)43-25-11-7-22(36)8-12-25/h4-5,7-12,14-16,26-28,30-31,37,39H,6,13,17-19,36H2,1-3H3/t26-,27-,28-,30-,31+,32-,33-,34+,35-/m0/s1. The van der Waals surface area contributed by atoms with Crippen LogP contribution in [0.4, 0.5) is 5.69 Å². The number of rotatable bonds is 5. The van der Waals surface area contributed by atoms with Crippen LogP contribution < -0.4 is 5.73 Å². The van der Waals surface area contributed by atoms with E-state index in [-0.39, 0.29) is 23.5 Å². The Morgan fingerprint density at radius 2 is 1.74 bits per heavy atom. The first-order valence-electron chi connectivity index (χ1n) is 15.2. The largest absolute Gasteiger partial charge is 0.399 e. The molecule has 7 rings (SSSR count). The third-order valence-corrected chi connectivity index (χ3v) is 12.4. The average molecular weight is 602 g/mol. The normalized spacial score (nSPS) is 41.2. The van der Waals surface area contributed by atoms with Gasteiger partial charge in [-0.2, -0.15) is 0 Å². The van der Waals surface area contributed by atoms with E-state index in [2.05, 4.69) is 13.8 Å². The Labute approximate surface area is 256 Å². The molecule has 4 N–H and O–H groups in total. The third-order valence-electron chi connectivity index (χ3n) is 11.4. The number of ether oxygens (including phenoxy) is 2. The van der Waals surface area contributed by atoms with Gasteiger partial charge in [0.1, 0.15) is 6.61 Å². The van der Waals surface area contributed by atoms with E-state index >= 15 is 0 Å². The first kappa shape index (κ1) is 29.0. The van der Waals surface area contributed by atoms with Crippen molar-refractivity contribution in [2.45, 2.75) is 79.8 Å². The number of ketones is 2. The summed E-state index contributed by atoms with van der Waals surface area (Å²) in [6.45, 7) is 5.38. The molecule has 9 atom stereocenters. The molecule has 0 radical (unpaired) electrons. The summed E-state index contributed by atoms with van der Waals surface area (Å²) in [5.74, 6) is -1.50. The molecule has 0 spiro atoms. The average Bonchev–Trinajstić information content (AvgIpc) is 3.42. The van der Waals surface area contributed by atoms with Crippen molar-refractivity contribution in [3.05, 3.63) is 77.9 Å². The summed E-state index contributed by atoms with van der Waals surface area (Å²) in [5.41, 5.74) is 5.88. The number of nitrogens with two attached hydrogens (primary N) is 1. The maximum atomic E-state index is 13.9. The second-order valence-electron chi connectivity index (χ2n) is 13.6. The Hall–Kier alpha value is -2.75. The molecule has 226 valence electrons. The second-order valence-corrected chi connectivity index (χ2v) is 14.8. The highest BCUT2D eigenvalue weighted by Crippen LogP contribution is 2.71. The number of Topliss-reactive ketones (excluding diaryl/α,β-unsaturated/α-hetero) is 1. The molecular weight excluding hydrogens is 562 g/mol. The number of nitrogen functional groups attached to an aromatic ring is 1. The molecule has 2 aromatic carbocycles.